The van der Waals surface area contributed by atoms with E-state index in [2.05, 4.69) is 15.6 Å². The largest absolute Gasteiger partial charge is 0.431 e. The van der Waals surface area contributed by atoms with Crippen LogP contribution in [0, 0.1) is 5.92 Å². The highest BCUT2D eigenvalue weighted by molar-refractivity contribution is 5.96. The Kier molecular flexibility index (Phi) is 3.13. The molecule has 1 aromatic heterocycles. The van der Waals surface area contributed by atoms with Crippen molar-refractivity contribution in [3.63, 3.8) is 0 Å². The Balaban J connectivity index is 1.64. The quantitative estimate of drug-likeness (QED) is 0.782. The molecule has 0 aromatic carbocycles. The van der Waals surface area contributed by atoms with Gasteiger partial charge >= 0.3 is 6.01 Å². The normalized spacial score (nSPS) is 18.6. The molecule has 0 unspecified atom stereocenters. The molecule has 0 atom stereocenters. The summed E-state index contributed by atoms with van der Waals surface area (Å²) in [6, 6.07) is 0.0201. The zero-order valence-corrected chi connectivity index (χ0v) is 10.7. The van der Waals surface area contributed by atoms with E-state index < -0.39 is 0 Å². The summed E-state index contributed by atoms with van der Waals surface area (Å²) in [6.45, 7) is 0.865. The average Bonchev–Trinajstić information content (AvgIpc) is 3.19. The number of hydrogen-bond acceptors (Lipinski definition) is 5. The van der Waals surface area contributed by atoms with Crippen LogP contribution in [0.3, 0.4) is 0 Å². The molecule has 1 aromatic rings. The van der Waals surface area contributed by atoms with Gasteiger partial charge in [0.15, 0.2) is 5.69 Å². The highest BCUT2D eigenvalue weighted by Gasteiger charge is 2.31. The molecule has 1 aliphatic carbocycles. The van der Waals surface area contributed by atoms with Gasteiger partial charge in [-0.2, -0.15) is 4.98 Å². The third-order valence-electron chi connectivity index (χ3n) is 3.23. The number of nitrogens with zero attached hydrogens (tertiary/aromatic N) is 2. The molecule has 8 heteroatoms. The van der Waals surface area contributed by atoms with E-state index in [0.717, 1.165) is 12.8 Å². The van der Waals surface area contributed by atoms with E-state index >= 15 is 0 Å². The molecular formula is C12H14N4O4. The predicted octanol–water partition coefficient (Wildman–Crippen LogP) is -0.405. The predicted molar refractivity (Wildman–Crippen MR) is 66.8 cm³/mol. The molecule has 2 fully saturated rings. The van der Waals surface area contributed by atoms with Gasteiger partial charge in [0.25, 0.3) is 5.91 Å². The molecule has 3 amide bonds. The second kappa shape index (κ2) is 4.95. The molecule has 20 heavy (non-hydrogen) atoms. The third kappa shape index (κ3) is 2.63. The summed E-state index contributed by atoms with van der Waals surface area (Å²) in [5.41, 5.74) is 0.0887. The smallest absolute Gasteiger partial charge is 0.302 e. The number of anilines is 1. The number of rotatable bonds is 3. The molecule has 2 N–H and O–H groups in total. The molecular weight excluding hydrogens is 264 g/mol. The van der Waals surface area contributed by atoms with Gasteiger partial charge < -0.3 is 14.6 Å². The molecule has 2 heterocycles. The molecule has 0 bridgehead atoms. The first kappa shape index (κ1) is 12.6. The van der Waals surface area contributed by atoms with Crippen LogP contribution < -0.4 is 10.6 Å². The van der Waals surface area contributed by atoms with Crippen LogP contribution in [-0.2, 0) is 9.59 Å². The minimum Gasteiger partial charge on any atom is -0.431 e. The topological polar surface area (TPSA) is 105 Å². The lowest BCUT2D eigenvalue weighted by atomic mass is 10.3. The lowest BCUT2D eigenvalue weighted by Gasteiger charge is -2.25. The van der Waals surface area contributed by atoms with Gasteiger partial charge in [-0.25, -0.2) is 0 Å². The van der Waals surface area contributed by atoms with Gasteiger partial charge in [-0.15, -0.1) is 0 Å². The van der Waals surface area contributed by atoms with E-state index in [-0.39, 0.29) is 41.9 Å². The number of oxazole rings is 1. The molecule has 106 valence electrons. The highest BCUT2D eigenvalue weighted by Crippen LogP contribution is 2.30. The van der Waals surface area contributed by atoms with Crippen molar-refractivity contribution in [1.29, 1.82) is 0 Å². The van der Waals surface area contributed by atoms with Crippen molar-refractivity contribution in [2.45, 2.75) is 12.8 Å². The molecule has 1 saturated heterocycles. The monoisotopic (exact) mass is 278 g/mol. The number of amides is 3. The van der Waals surface area contributed by atoms with Gasteiger partial charge in [0, 0.05) is 19.0 Å². The maximum atomic E-state index is 12.1. The van der Waals surface area contributed by atoms with Gasteiger partial charge in [0.1, 0.15) is 6.26 Å². The van der Waals surface area contributed by atoms with Crippen LogP contribution >= 0.6 is 0 Å². The van der Waals surface area contributed by atoms with Crippen LogP contribution in [0.15, 0.2) is 10.7 Å². The highest BCUT2D eigenvalue weighted by atomic mass is 16.4. The number of hydrogen-bond donors (Lipinski definition) is 2. The fourth-order valence-electron chi connectivity index (χ4n) is 1.96. The Morgan fingerprint density at radius 3 is 2.95 bits per heavy atom. The fourth-order valence-corrected chi connectivity index (χ4v) is 1.96. The number of nitrogens with one attached hydrogen (secondary N) is 2. The molecule has 8 nitrogen and oxygen atoms in total. The van der Waals surface area contributed by atoms with E-state index in [1.54, 1.807) is 0 Å². The summed E-state index contributed by atoms with van der Waals surface area (Å²) in [6.07, 6.45) is 2.94. The second-order valence-electron chi connectivity index (χ2n) is 4.88. The Labute approximate surface area is 114 Å². The van der Waals surface area contributed by atoms with Crippen LogP contribution in [0.4, 0.5) is 6.01 Å². The van der Waals surface area contributed by atoms with Crippen LogP contribution in [0.5, 0.6) is 0 Å². The average molecular weight is 278 g/mol. The standard InChI is InChI=1S/C12H14N4O4/c17-9-5-16(4-3-13-9)11(19)8-6-20-12(14-8)15-10(18)7-1-2-7/h6-7H,1-5H2,(H,13,17)(H,14,15,18). The van der Waals surface area contributed by atoms with Gasteiger partial charge in [-0.1, -0.05) is 0 Å². The van der Waals surface area contributed by atoms with E-state index in [0.29, 0.717) is 13.1 Å². The fraction of sp³-hybridized carbons (Fsp3) is 0.500. The van der Waals surface area contributed by atoms with Gasteiger partial charge in [-0.05, 0) is 12.8 Å². The van der Waals surface area contributed by atoms with E-state index in [4.69, 9.17) is 4.42 Å². The summed E-state index contributed by atoms with van der Waals surface area (Å²) >= 11 is 0. The minimum atomic E-state index is -0.379. The van der Waals surface area contributed by atoms with Gasteiger partial charge in [0.05, 0.1) is 6.54 Å². The summed E-state index contributed by atoms with van der Waals surface area (Å²) in [5, 5.41) is 5.16. The van der Waals surface area contributed by atoms with Crippen molar-refractivity contribution in [2.75, 3.05) is 25.0 Å². The Morgan fingerprint density at radius 2 is 2.25 bits per heavy atom. The van der Waals surface area contributed by atoms with Crippen LogP contribution in [-0.4, -0.2) is 47.2 Å². The molecule has 2 aliphatic rings. The SMILES string of the molecule is O=C1CN(C(=O)c2coc(NC(=O)C3CC3)n2)CCN1. The van der Waals surface area contributed by atoms with Gasteiger partial charge in [0.2, 0.25) is 11.8 Å². The molecule has 1 aliphatic heterocycles. The maximum absolute atomic E-state index is 12.1. The van der Waals surface area contributed by atoms with E-state index in [1.807, 2.05) is 0 Å². The Hall–Kier alpha value is -2.38. The molecule has 3 rings (SSSR count). The molecule has 1 saturated carbocycles. The number of piperazine rings is 1. The number of aromatic nitrogens is 1. The lowest BCUT2D eigenvalue weighted by Crippen LogP contribution is -2.50. The van der Waals surface area contributed by atoms with Crippen LogP contribution in [0.1, 0.15) is 23.3 Å². The van der Waals surface area contributed by atoms with Crippen molar-refractivity contribution in [2.24, 2.45) is 5.92 Å². The lowest BCUT2D eigenvalue weighted by molar-refractivity contribution is -0.123. The Morgan fingerprint density at radius 1 is 1.45 bits per heavy atom. The van der Waals surface area contributed by atoms with E-state index in [1.165, 1.54) is 11.2 Å². The maximum Gasteiger partial charge on any atom is 0.302 e. The first-order valence-corrected chi connectivity index (χ1v) is 6.46. The van der Waals surface area contributed by atoms with Crippen molar-refractivity contribution in [3.05, 3.63) is 12.0 Å². The number of carbonyl (C=O) groups excluding carboxylic acids is 3. The molecule has 0 spiro atoms. The van der Waals surface area contributed by atoms with Crippen molar-refractivity contribution < 1.29 is 18.8 Å². The Bertz CT molecular complexity index is 564. The van der Waals surface area contributed by atoms with Crippen molar-refractivity contribution in [1.82, 2.24) is 15.2 Å². The molecule has 0 radical (unpaired) electrons. The second-order valence-corrected chi connectivity index (χ2v) is 4.88. The first-order chi connectivity index (χ1) is 9.63. The summed E-state index contributed by atoms with van der Waals surface area (Å²) in [7, 11) is 0. The zero-order valence-electron chi connectivity index (χ0n) is 10.7. The van der Waals surface area contributed by atoms with Crippen LogP contribution in [0.25, 0.3) is 0 Å². The number of carbonyl (C=O) groups is 3. The summed E-state index contributed by atoms with van der Waals surface area (Å²) in [4.78, 5) is 40.2. The third-order valence-corrected chi connectivity index (χ3v) is 3.23. The van der Waals surface area contributed by atoms with Crippen LogP contribution in [0.2, 0.25) is 0 Å². The summed E-state index contributed by atoms with van der Waals surface area (Å²) in [5.74, 6) is -0.680. The van der Waals surface area contributed by atoms with Gasteiger partial charge in [-0.3, -0.25) is 19.7 Å². The van der Waals surface area contributed by atoms with Crippen molar-refractivity contribution >= 4 is 23.7 Å². The van der Waals surface area contributed by atoms with Crippen molar-refractivity contribution in [3.8, 4) is 0 Å². The zero-order chi connectivity index (χ0) is 14.1. The minimum absolute atomic E-state index is 0.00938. The first-order valence-electron chi connectivity index (χ1n) is 6.46. The van der Waals surface area contributed by atoms with E-state index in [9.17, 15) is 14.4 Å². The summed E-state index contributed by atoms with van der Waals surface area (Å²) < 4.78 is 5.06.